The Morgan fingerprint density at radius 2 is 2.00 bits per heavy atom. The average Bonchev–Trinajstić information content (AvgIpc) is 2.45. The number of ether oxygens (including phenoxy) is 1. The van der Waals surface area contributed by atoms with Gasteiger partial charge < -0.3 is 15.0 Å². The highest BCUT2D eigenvalue weighted by Crippen LogP contribution is 2.12. The van der Waals surface area contributed by atoms with Gasteiger partial charge >= 0.3 is 0 Å². The molecule has 1 aromatic carbocycles. The van der Waals surface area contributed by atoms with E-state index in [0.717, 1.165) is 31.7 Å². The second kappa shape index (κ2) is 8.53. The summed E-state index contributed by atoms with van der Waals surface area (Å²) in [5.74, 6) is 1.07. The largest absolute Gasteiger partial charge is 0.497 e. The van der Waals surface area contributed by atoms with Crippen molar-refractivity contribution in [3.8, 4) is 5.75 Å². The van der Waals surface area contributed by atoms with Gasteiger partial charge in [-0.3, -0.25) is 4.79 Å². The third kappa shape index (κ3) is 5.75. The van der Waals surface area contributed by atoms with Crippen LogP contribution in [-0.4, -0.2) is 45.1 Å². The molecule has 0 spiro atoms. The Kier molecular flexibility index (Phi) is 6.97. The minimum atomic E-state index is 0.212. The zero-order chi connectivity index (χ0) is 14.1. The topological polar surface area (TPSA) is 41.6 Å². The van der Waals surface area contributed by atoms with Crippen LogP contribution in [0.3, 0.4) is 0 Å². The van der Waals surface area contributed by atoms with Gasteiger partial charge in [-0.15, -0.1) is 0 Å². The summed E-state index contributed by atoms with van der Waals surface area (Å²) in [6.45, 7) is 1.64. The van der Waals surface area contributed by atoms with Crippen LogP contribution in [-0.2, 0) is 11.2 Å². The number of amides is 1. The first kappa shape index (κ1) is 15.5. The van der Waals surface area contributed by atoms with E-state index >= 15 is 0 Å². The maximum Gasteiger partial charge on any atom is 0.222 e. The second-order valence-electron chi connectivity index (χ2n) is 4.62. The Morgan fingerprint density at radius 1 is 1.32 bits per heavy atom. The van der Waals surface area contributed by atoms with Gasteiger partial charge in [-0.05, 0) is 44.1 Å². The average molecular weight is 264 g/mol. The molecule has 0 aliphatic heterocycles. The fourth-order valence-electron chi connectivity index (χ4n) is 1.82. The summed E-state index contributed by atoms with van der Waals surface area (Å²) >= 11 is 0. The third-order valence-corrected chi connectivity index (χ3v) is 3.14. The summed E-state index contributed by atoms with van der Waals surface area (Å²) in [6, 6.07) is 7.98. The molecule has 0 unspecified atom stereocenters. The summed E-state index contributed by atoms with van der Waals surface area (Å²) < 4.78 is 5.12. The van der Waals surface area contributed by atoms with Gasteiger partial charge in [0.05, 0.1) is 7.11 Å². The van der Waals surface area contributed by atoms with Gasteiger partial charge in [0.2, 0.25) is 5.91 Å². The number of carbonyl (C=O) groups excluding carboxylic acids is 1. The zero-order valence-electron chi connectivity index (χ0n) is 12.1. The molecule has 1 rings (SSSR count). The predicted molar refractivity (Wildman–Crippen MR) is 77.5 cm³/mol. The number of carbonyl (C=O) groups is 1. The highest BCUT2D eigenvalue weighted by Gasteiger charge is 2.07. The van der Waals surface area contributed by atoms with Crippen molar-refractivity contribution < 1.29 is 9.53 Å². The molecule has 0 aliphatic rings. The van der Waals surface area contributed by atoms with E-state index in [9.17, 15) is 4.79 Å². The number of hydrogen-bond donors (Lipinski definition) is 1. The number of nitrogens with one attached hydrogen (secondary N) is 1. The van der Waals surface area contributed by atoms with E-state index < -0.39 is 0 Å². The molecule has 0 atom stereocenters. The Hall–Kier alpha value is -1.55. The van der Waals surface area contributed by atoms with E-state index in [1.54, 1.807) is 12.0 Å². The van der Waals surface area contributed by atoms with Crippen LogP contribution in [0, 0.1) is 0 Å². The van der Waals surface area contributed by atoms with E-state index in [0.29, 0.717) is 6.42 Å². The Morgan fingerprint density at radius 3 is 2.58 bits per heavy atom. The van der Waals surface area contributed by atoms with Crippen LogP contribution in [0.1, 0.15) is 18.4 Å². The van der Waals surface area contributed by atoms with Crippen molar-refractivity contribution in [3.05, 3.63) is 29.8 Å². The molecular formula is C15H24N2O2. The lowest BCUT2D eigenvalue weighted by molar-refractivity contribution is -0.129. The molecule has 0 radical (unpaired) electrons. The smallest absolute Gasteiger partial charge is 0.222 e. The summed E-state index contributed by atoms with van der Waals surface area (Å²) in [5, 5.41) is 3.05. The van der Waals surface area contributed by atoms with Crippen molar-refractivity contribution in [1.29, 1.82) is 0 Å². The summed E-state index contributed by atoms with van der Waals surface area (Å²) in [4.78, 5) is 13.6. The van der Waals surface area contributed by atoms with Gasteiger partial charge in [0.1, 0.15) is 5.75 Å². The number of likely N-dealkylation sites (N-methyl/N-ethyl adjacent to an activating group) is 1. The molecule has 1 aromatic rings. The number of methoxy groups -OCH3 is 1. The van der Waals surface area contributed by atoms with Crippen molar-refractivity contribution in [2.24, 2.45) is 0 Å². The van der Waals surface area contributed by atoms with E-state index in [1.165, 1.54) is 5.56 Å². The van der Waals surface area contributed by atoms with Crippen LogP contribution >= 0.6 is 0 Å². The molecule has 0 saturated heterocycles. The van der Waals surface area contributed by atoms with Gasteiger partial charge in [0.15, 0.2) is 0 Å². The standard InChI is InChI=1S/C15H24N2O2/c1-16-11-4-5-15(18)17(2)12-10-13-6-8-14(19-3)9-7-13/h6-9,16H,4-5,10-12H2,1-3H3. The van der Waals surface area contributed by atoms with Crippen molar-refractivity contribution >= 4 is 5.91 Å². The number of nitrogens with zero attached hydrogens (tertiary/aromatic N) is 1. The van der Waals surface area contributed by atoms with Crippen LogP contribution < -0.4 is 10.1 Å². The molecular weight excluding hydrogens is 240 g/mol. The van der Waals surface area contributed by atoms with E-state index in [-0.39, 0.29) is 5.91 Å². The minimum Gasteiger partial charge on any atom is -0.497 e. The Bertz CT molecular complexity index is 376. The molecule has 0 aliphatic carbocycles. The summed E-state index contributed by atoms with van der Waals surface area (Å²) in [7, 11) is 5.43. The summed E-state index contributed by atoms with van der Waals surface area (Å²) in [6.07, 6.45) is 2.38. The van der Waals surface area contributed by atoms with Crippen molar-refractivity contribution in [2.75, 3.05) is 34.3 Å². The number of hydrogen-bond acceptors (Lipinski definition) is 3. The van der Waals surface area contributed by atoms with Gasteiger partial charge in [-0.2, -0.15) is 0 Å². The van der Waals surface area contributed by atoms with Crippen molar-refractivity contribution in [1.82, 2.24) is 10.2 Å². The normalized spacial score (nSPS) is 10.3. The molecule has 0 aromatic heterocycles. The van der Waals surface area contributed by atoms with Gasteiger partial charge in [0.25, 0.3) is 0 Å². The van der Waals surface area contributed by atoms with Gasteiger partial charge in [0, 0.05) is 20.0 Å². The fourth-order valence-corrected chi connectivity index (χ4v) is 1.82. The summed E-state index contributed by atoms with van der Waals surface area (Å²) in [5.41, 5.74) is 1.22. The fraction of sp³-hybridized carbons (Fsp3) is 0.533. The Balaban J connectivity index is 2.32. The van der Waals surface area contributed by atoms with Gasteiger partial charge in [-0.25, -0.2) is 0 Å². The maximum absolute atomic E-state index is 11.8. The van der Waals surface area contributed by atoms with E-state index in [4.69, 9.17) is 4.74 Å². The van der Waals surface area contributed by atoms with Crippen LogP contribution in [0.5, 0.6) is 5.75 Å². The van der Waals surface area contributed by atoms with Crippen LogP contribution in [0.25, 0.3) is 0 Å². The van der Waals surface area contributed by atoms with Crippen LogP contribution in [0.2, 0.25) is 0 Å². The second-order valence-corrected chi connectivity index (χ2v) is 4.62. The molecule has 106 valence electrons. The van der Waals surface area contributed by atoms with Crippen LogP contribution in [0.15, 0.2) is 24.3 Å². The molecule has 0 heterocycles. The molecule has 1 amide bonds. The monoisotopic (exact) mass is 264 g/mol. The van der Waals surface area contributed by atoms with Crippen molar-refractivity contribution in [3.63, 3.8) is 0 Å². The first-order valence-corrected chi connectivity index (χ1v) is 6.69. The quantitative estimate of drug-likeness (QED) is 0.727. The highest BCUT2D eigenvalue weighted by molar-refractivity contribution is 5.75. The van der Waals surface area contributed by atoms with Gasteiger partial charge in [-0.1, -0.05) is 12.1 Å². The molecule has 4 nitrogen and oxygen atoms in total. The molecule has 0 bridgehead atoms. The van der Waals surface area contributed by atoms with E-state index in [2.05, 4.69) is 5.32 Å². The molecule has 1 N–H and O–H groups in total. The first-order valence-electron chi connectivity index (χ1n) is 6.69. The number of benzene rings is 1. The van der Waals surface area contributed by atoms with Crippen molar-refractivity contribution in [2.45, 2.75) is 19.3 Å². The van der Waals surface area contributed by atoms with E-state index in [1.807, 2.05) is 38.4 Å². The third-order valence-electron chi connectivity index (χ3n) is 3.14. The first-order chi connectivity index (χ1) is 9.17. The molecule has 0 saturated carbocycles. The minimum absolute atomic E-state index is 0.212. The molecule has 4 heteroatoms. The lowest BCUT2D eigenvalue weighted by Crippen LogP contribution is -2.29. The van der Waals surface area contributed by atoms with Crippen LogP contribution in [0.4, 0.5) is 0 Å². The highest BCUT2D eigenvalue weighted by atomic mass is 16.5. The number of rotatable bonds is 8. The SMILES string of the molecule is CNCCCC(=O)N(C)CCc1ccc(OC)cc1. The molecule has 0 fully saturated rings. The Labute approximate surface area is 115 Å². The lowest BCUT2D eigenvalue weighted by atomic mass is 10.1. The zero-order valence-corrected chi connectivity index (χ0v) is 12.1. The predicted octanol–water partition coefficient (Wildman–Crippen LogP) is 1.70. The molecule has 19 heavy (non-hydrogen) atoms. The maximum atomic E-state index is 11.8. The lowest BCUT2D eigenvalue weighted by Gasteiger charge is -2.17.